The van der Waals surface area contributed by atoms with E-state index in [0.29, 0.717) is 6.42 Å². The molecule has 2 aromatic rings. The summed E-state index contributed by atoms with van der Waals surface area (Å²) in [7, 11) is 0. The first-order valence-corrected chi connectivity index (χ1v) is 5.32. The first kappa shape index (κ1) is 10.1. The zero-order valence-electron chi connectivity index (χ0n) is 7.93. The summed E-state index contributed by atoms with van der Waals surface area (Å²) in [4.78, 5) is 10.3. The molecule has 0 aliphatic carbocycles. The zero-order valence-corrected chi connectivity index (χ0v) is 9.52. The van der Waals surface area contributed by atoms with Crippen LogP contribution in [0.2, 0.25) is 0 Å². The molecule has 0 aliphatic heterocycles. The molecular weight excluding hydrogens is 256 g/mol. The molecule has 3 nitrogen and oxygen atoms in total. The van der Waals surface area contributed by atoms with E-state index in [-0.39, 0.29) is 0 Å². The van der Waals surface area contributed by atoms with E-state index >= 15 is 0 Å². The van der Waals surface area contributed by atoms with Crippen LogP contribution in [0.5, 0.6) is 0 Å². The number of aldehydes is 1. The molecule has 0 bridgehead atoms. The normalized spacial score (nSPS) is 10.2. The number of aromatic nitrogens is 2. The molecule has 0 radical (unpaired) electrons. The van der Waals surface area contributed by atoms with Crippen LogP contribution in [0, 0.1) is 0 Å². The van der Waals surface area contributed by atoms with Gasteiger partial charge in [0, 0.05) is 17.1 Å². The average molecular weight is 265 g/mol. The Balaban J connectivity index is 2.37. The predicted octanol–water partition coefficient (Wildman–Crippen LogP) is 2.38. The molecule has 4 heteroatoms. The van der Waals surface area contributed by atoms with Gasteiger partial charge in [0.1, 0.15) is 6.29 Å². The van der Waals surface area contributed by atoms with Gasteiger partial charge in [-0.05, 0) is 33.6 Å². The van der Waals surface area contributed by atoms with Crippen molar-refractivity contribution in [3.05, 3.63) is 46.7 Å². The van der Waals surface area contributed by atoms with Crippen LogP contribution < -0.4 is 0 Å². The van der Waals surface area contributed by atoms with Gasteiger partial charge < -0.3 is 4.79 Å². The Hall–Kier alpha value is -1.42. The van der Waals surface area contributed by atoms with E-state index in [1.165, 1.54) is 0 Å². The smallest absolute Gasteiger partial charge is 0.124 e. The van der Waals surface area contributed by atoms with Crippen molar-refractivity contribution in [3.8, 4) is 5.69 Å². The van der Waals surface area contributed by atoms with Crippen molar-refractivity contribution in [2.75, 3.05) is 0 Å². The highest BCUT2D eigenvalue weighted by atomic mass is 79.9. The monoisotopic (exact) mass is 264 g/mol. The highest BCUT2D eigenvalue weighted by Gasteiger charge is 2.03. The van der Waals surface area contributed by atoms with E-state index in [1.54, 1.807) is 10.9 Å². The molecule has 1 aromatic heterocycles. The Morgan fingerprint density at radius 3 is 2.93 bits per heavy atom. The van der Waals surface area contributed by atoms with Crippen LogP contribution in [0.4, 0.5) is 0 Å². The largest absolute Gasteiger partial charge is 0.303 e. The summed E-state index contributed by atoms with van der Waals surface area (Å²) < 4.78 is 2.73. The van der Waals surface area contributed by atoms with Gasteiger partial charge in [0.05, 0.1) is 11.9 Å². The van der Waals surface area contributed by atoms with Crippen LogP contribution in [0.3, 0.4) is 0 Å². The lowest BCUT2D eigenvalue weighted by Gasteiger charge is -2.02. The van der Waals surface area contributed by atoms with Gasteiger partial charge in [-0.15, -0.1) is 0 Å². The SMILES string of the molecule is O=CCc1cnn(-c2ccccc2Br)c1. The Morgan fingerprint density at radius 1 is 1.40 bits per heavy atom. The molecule has 0 fully saturated rings. The van der Waals surface area contributed by atoms with E-state index in [4.69, 9.17) is 0 Å². The Morgan fingerprint density at radius 2 is 2.20 bits per heavy atom. The molecule has 0 atom stereocenters. The van der Waals surface area contributed by atoms with Crippen LogP contribution in [-0.4, -0.2) is 16.1 Å². The molecule has 76 valence electrons. The molecule has 0 saturated heterocycles. The molecule has 0 aliphatic rings. The van der Waals surface area contributed by atoms with E-state index in [1.807, 2.05) is 30.5 Å². The van der Waals surface area contributed by atoms with Gasteiger partial charge in [-0.3, -0.25) is 0 Å². The van der Waals surface area contributed by atoms with Gasteiger partial charge in [0.2, 0.25) is 0 Å². The topological polar surface area (TPSA) is 34.9 Å². The van der Waals surface area contributed by atoms with Crippen molar-refractivity contribution >= 4 is 22.2 Å². The van der Waals surface area contributed by atoms with Gasteiger partial charge in [-0.2, -0.15) is 5.10 Å². The minimum atomic E-state index is 0.407. The van der Waals surface area contributed by atoms with Crippen LogP contribution >= 0.6 is 15.9 Å². The van der Waals surface area contributed by atoms with Gasteiger partial charge in [0.25, 0.3) is 0 Å². The van der Waals surface area contributed by atoms with Gasteiger partial charge >= 0.3 is 0 Å². The second-order valence-corrected chi connectivity index (χ2v) is 3.97. The number of rotatable bonds is 3. The van der Waals surface area contributed by atoms with E-state index in [0.717, 1.165) is 22.0 Å². The summed E-state index contributed by atoms with van der Waals surface area (Å²) in [6.45, 7) is 0. The summed E-state index contributed by atoms with van der Waals surface area (Å²) in [5.74, 6) is 0. The van der Waals surface area contributed by atoms with Crippen molar-refractivity contribution in [2.45, 2.75) is 6.42 Å². The van der Waals surface area contributed by atoms with Crippen molar-refractivity contribution in [2.24, 2.45) is 0 Å². The molecule has 0 amide bonds. The first-order chi connectivity index (χ1) is 7.31. The molecule has 0 unspecified atom stereocenters. The Labute approximate surface area is 95.9 Å². The van der Waals surface area contributed by atoms with Crippen molar-refractivity contribution in [1.82, 2.24) is 9.78 Å². The molecule has 1 aromatic carbocycles. The summed E-state index contributed by atoms with van der Waals surface area (Å²) in [5, 5.41) is 4.19. The fraction of sp³-hybridized carbons (Fsp3) is 0.0909. The summed E-state index contributed by atoms with van der Waals surface area (Å²) in [6.07, 6.45) is 4.84. The van der Waals surface area contributed by atoms with Gasteiger partial charge in [-0.1, -0.05) is 12.1 Å². The second kappa shape index (κ2) is 4.40. The van der Waals surface area contributed by atoms with E-state index in [9.17, 15) is 4.79 Å². The molecule has 2 rings (SSSR count). The predicted molar refractivity (Wildman–Crippen MR) is 61.0 cm³/mol. The van der Waals surface area contributed by atoms with Crippen molar-refractivity contribution in [3.63, 3.8) is 0 Å². The highest BCUT2D eigenvalue weighted by molar-refractivity contribution is 9.10. The number of carbonyl (C=O) groups excluding carboxylic acids is 1. The number of halogens is 1. The Kier molecular flexibility index (Phi) is 2.97. The lowest BCUT2D eigenvalue weighted by atomic mass is 10.3. The molecular formula is C11H9BrN2O. The number of nitrogens with zero attached hydrogens (tertiary/aromatic N) is 2. The molecule has 0 N–H and O–H groups in total. The number of benzene rings is 1. The number of para-hydroxylation sites is 1. The van der Waals surface area contributed by atoms with Gasteiger partial charge in [-0.25, -0.2) is 4.68 Å². The first-order valence-electron chi connectivity index (χ1n) is 4.53. The lowest BCUT2D eigenvalue weighted by Crippen LogP contribution is -1.94. The van der Waals surface area contributed by atoms with Crippen molar-refractivity contribution < 1.29 is 4.79 Å². The minimum Gasteiger partial charge on any atom is -0.303 e. The van der Waals surface area contributed by atoms with E-state index < -0.39 is 0 Å². The lowest BCUT2D eigenvalue weighted by molar-refractivity contribution is -0.107. The second-order valence-electron chi connectivity index (χ2n) is 3.12. The minimum absolute atomic E-state index is 0.407. The standard InChI is InChI=1S/C11H9BrN2O/c12-10-3-1-2-4-11(10)14-8-9(5-6-15)7-13-14/h1-4,6-8H,5H2. The molecule has 0 spiro atoms. The molecule has 15 heavy (non-hydrogen) atoms. The fourth-order valence-corrected chi connectivity index (χ4v) is 1.80. The quantitative estimate of drug-likeness (QED) is 0.798. The van der Waals surface area contributed by atoms with E-state index in [2.05, 4.69) is 21.0 Å². The maximum absolute atomic E-state index is 10.3. The molecule has 0 saturated carbocycles. The fourth-order valence-electron chi connectivity index (χ4n) is 1.33. The maximum atomic E-state index is 10.3. The van der Waals surface area contributed by atoms with Crippen LogP contribution in [0.1, 0.15) is 5.56 Å². The number of hydrogen-bond donors (Lipinski definition) is 0. The third kappa shape index (κ3) is 2.15. The van der Waals surface area contributed by atoms with Crippen molar-refractivity contribution in [1.29, 1.82) is 0 Å². The average Bonchev–Trinajstić information content (AvgIpc) is 2.68. The number of hydrogen-bond acceptors (Lipinski definition) is 2. The third-order valence-corrected chi connectivity index (χ3v) is 2.72. The van der Waals surface area contributed by atoms with Crippen LogP contribution in [0.25, 0.3) is 5.69 Å². The zero-order chi connectivity index (χ0) is 10.7. The highest BCUT2D eigenvalue weighted by Crippen LogP contribution is 2.19. The van der Waals surface area contributed by atoms with Gasteiger partial charge in [0.15, 0.2) is 0 Å². The summed E-state index contributed by atoms with van der Waals surface area (Å²) >= 11 is 3.45. The summed E-state index contributed by atoms with van der Waals surface area (Å²) in [6, 6.07) is 7.81. The Bertz CT molecular complexity index is 479. The third-order valence-electron chi connectivity index (χ3n) is 2.05. The summed E-state index contributed by atoms with van der Waals surface area (Å²) in [5.41, 5.74) is 1.88. The van der Waals surface area contributed by atoms with Crippen LogP contribution in [-0.2, 0) is 11.2 Å². The van der Waals surface area contributed by atoms with Crippen LogP contribution in [0.15, 0.2) is 41.1 Å². The molecule has 1 heterocycles. The maximum Gasteiger partial charge on any atom is 0.124 e. The number of carbonyl (C=O) groups is 1.